The van der Waals surface area contributed by atoms with Crippen molar-refractivity contribution in [3.05, 3.63) is 28.0 Å². The number of hydrogen-bond donors (Lipinski definition) is 1. The van der Waals surface area contributed by atoms with E-state index < -0.39 is 0 Å². The SMILES string of the molecule is COCc1nnc(NC(=O)c2c3c(nc4c2cnn4C(C)C)CCC3)s1. The number of aryl methyl sites for hydroxylation is 1. The summed E-state index contributed by atoms with van der Waals surface area (Å²) in [6.07, 6.45) is 4.51. The van der Waals surface area contributed by atoms with Crippen LogP contribution in [0, 0.1) is 0 Å². The summed E-state index contributed by atoms with van der Waals surface area (Å²) >= 11 is 1.31. The first-order valence-electron chi connectivity index (χ1n) is 8.60. The van der Waals surface area contributed by atoms with Gasteiger partial charge in [-0.25, -0.2) is 9.67 Å². The molecule has 4 rings (SSSR count). The molecule has 9 heteroatoms. The topological polar surface area (TPSA) is 94.8 Å². The van der Waals surface area contributed by atoms with E-state index in [1.165, 1.54) is 11.3 Å². The third-order valence-electron chi connectivity index (χ3n) is 4.44. The maximum Gasteiger partial charge on any atom is 0.258 e. The third-order valence-corrected chi connectivity index (χ3v) is 5.25. The molecule has 0 bridgehead atoms. The first-order valence-corrected chi connectivity index (χ1v) is 9.41. The van der Waals surface area contributed by atoms with Crippen LogP contribution in [-0.2, 0) is 24.2 Å². The number of fused-ring (bicyclic) bond motifs is 2. The number of ether oxygens (including phenoxy) is 1. The number of carbonyl (C=O) groups excluding carboxylic acids is 1. The number of hydrogen-bond acceptors (Lipinski definition) is 7. The molecule has 1 aliphatic rings. The van der Waals surface area contributed by atoms with Gasteiger partial charge in [0.05, 0.1) is 17.1 Å². The van der Waals surface area contributed by atoms with E-state index in [1.807, 2.05) is 4.68 Å². The standard InChI is InChI=1S/C17H20N6O2S/c1-9(2)23-15-11(7-18-23)14(10-5-4-6-12(10)19-15)16(24)20-17-22-21-13(26-17)8-25-3/h7,9H,4-6,8H2,1-3H3,(H,20,22,24). The Balaban J connectivity index is 1.75. The van der Waals surface area contributed by atoms with Crippen LogP contribution < -0.4 is 5.32 Å². The van der Waals surface area contributed by atoms with Crippen molar-refractivity contribution in [1.29, 1.82) is 0 Å². The lowest BCUT2D eigenvalue weighted by Crippen LogP contribution is -2.16. The minimum Gasteiger partial charge on any atom is -0.377 e. The Morgan fingerprint density at radius 1 is 1.38 bits per heavy atom. The van der Waals surface area contributed by atoms with E-state index in [4.69, 9.17) is 9.72 Å². The molecular weight excluding hydrogens is 352 g/mol. The highest BCUT2D eigenvalue weighted by atomic mass is 32.1. The Hall–Kier alpha value is -2.39. The number of nitrogens with one attached hydrogen (secondary N) is 1. The number of nitrogens with zero attached hydrogens (tertiary/aromatic N) is 5. The highest BCUT2D eigenvalue weighted by Gasteiger charge is 2.26. The fourth-order valence-electron chi connectivity index (χ4n) is 3.34. The molecule has 8 nitrogen and oxygen atoms in total. The van der Waals surface area contributed by atoms with Crippen LogP contribution in [0.3, 0.4) is 0 Å². The first-order chi connectivity index (χ1) is 12.6. The Morgan fingerprint density at radius 2 is 2.23 bits per heavy atom. The van der Waals surface area contributed by atoms with Gasteiger partial charge in [0.2, 0.25) is 5.13 Å². The van der Waals surface area contributed by atoms with Crippen LogP contribution in [0.5, 0.6) is 0 Å². The predicted octanol–water partition coefficient (Wildman–Crippen LogP) is 2.75. The van der Waals surface area contributed by atoms with Crippen LogP contribution in [0.15, 0.2) is 6.20 Å². The highest BCUT2D eigenvalue weighted by molar-refractivity contribution is 7.15. The lowest BCUT2D eigenvalue weighted by Gasteiger charge is -2.11. The van der Waals surface area contributed by atoms with E-state index in [0.29, 0.717) is 17.3 Å². The van der Waals surface area contributed by atoms with Gasteiger partial charge in [0.25, 0.3) is 5.91 Å². The van der Waals surface area contributed by atoms with Gasteiger partial charge in [0.1, 0.15) is 11.6 Å². The fraction of sp³-hybridized carbons (Fsp3) is 0.471. The summed E-state index contributed by atoms with van der Waals surface area (Å²) in [5.41, 5.74) is 3.46. The summed E-state index contributed by atoms with van der Waals surface area (Å²) in [6.45, 7) is 4.49. The van der Waals surface area contributed by atoms with Crippen molar-refractivity contribution in [3.63, 3.8) is 0 Å². The van der Waals surface area contributed by atoms with Crippen molar-refractivity contribution in [2.75, 3.05) is 12.4 Å². The lowest BCUT2D eigenvalue weighted by molar-refractivity contribution is 0.102. The molecule has 3 heterocycles. The third kappa shape index (κ3) is 2.86. The normalized spacial score (nSPS) is 13.5. The van der Waals surface area contributed by atoms with E-state index in [1.54, 1.807) is 13.3 Å². The Bertz CT molecular complexity index is 977. The zero-order valence-electron chi connectivity index (χ0n) is 14.9. The van der Waals surface area contributed by atoms with Crippen LogP contribution in [0.1, 0.15) is 52.9 Å². The van der Waals surface area contributed by atoms with Gasteiger partial charge in [-0.2, -0.15) is 5.10 Å². The second-order valence-corrected chi connectivity index (χ2v) is 7.64. The molecule has 0 radical (unpaired) electrons. The monoisotopic (exact) mass is 372 g/mol. The maximum atomic E-state index is 13.1. The van der Waals surface area contributed by atoms with Crippen LogP contribution >= 0.6 is 11.3 Å². The predicted molar refractivity (Wildman–Crippen MR) is 98.5 cm³/mol. The average Bonchev–Trinajstić information content (AvgIpc) is 3.31. The van der Waals surface area contributed by atoms with Gasteiger partial charge in [0, 0.05) is 18.8 Å². The smallest absolute Gasteiger partial charge is 0.258 e. The van der Waals surface area contributed by atoms with Crippen LogP contribution in [-0.4, -0.2) is 38.0 Å². The summed E-state index contributed by atoms with van der Waals surface area (Å²) in [7, 11) is 1.60. The number of rotatable bonds is 5. The molecule has 0 fully saturated rings. The van der Waals surface area contributed by atoms with Gasteiger partial charge in [-0.3, -0.25) is 10.1 Å². The van der Waals surface area contributed by atoms with E-state index in [-0.39, 0.29) is 11.9 Å². The summed E-state index contributed by atoms with van der Waals surface area (Å²) in [4.78, 5) is 17.9. The van der Waals surface area contributed by atoms with Crippen molar-refractivity contribution in [1.82, 2.24) is 25.0 Å². The van der Waals surface area contributed by atoms with E-state index in [0.717, 1.165) is 46.6 Å². The first kappa shape index (κ1) is 17.0. The van der Waals surface area contributed by atoms with Gasteiger partial charge in [-0.05, 0) is 38.7 Å². The largest absolute Gasteiger partial charge is 0.377 e. The fourth-order valence-corrected chi connectivity index (χ4v) is 4.04. The van der Waals surface area contributed by atoms with Crippen molar-refractivity contribution < 1.29 is 9.53 Å². The van der Waals surface area contributed by atoms with Crippen LogP contribution in [0.4, 0.5) is 5.13 Å². The molecule has 0 atom stereocenters. The quantitative estimate of drug-likeness (QED) is 0.740. The molecule has 0 aliphatic heterocycles. The summed E-state index contributed by atoms with van der Waals surface area (Å²) in [5, 5.41) is 17.4. The maximum absolute atomic E-state index is 13.1. The molecule has 0 aromatic carbocycles. The number of amides is 1. The molecule has 3 aromatic heterocycles. The number of carbonyl (C=O) groups is 1. The van der Waals surface area contributed by atoms with Gasteiger partial charge in [-0.15, -0.1) is 10.2 Å². The molecule has 0 saturated heterocycles. The minimum absolute atomic E-state index is 0.176. The van der Waals surface area contributed by atoms with Gasteiger partial charge in [0.15, 0.2) is 5.65 Å². The van der Waals surface area contributed by atoms with Crippen molar-refractivity contribution in [3.8, 4) is 0 Å². The van der Waals surface area contributed by atoms with E-state index in [9.17, 15) is 4.79 Å². The summed E-state index contributed by atoms with van der Waals surface area (Å²) < 4.78 is 6.92. The molecular formula is C17H20N6O2S. The highest BCUT2D eigenvalue weighted by Crippen LogP contribution is 2.31. The number of pyridine rings is 1. The van der Waals surface area contributed by atoms with Crippen LogP contribution in [0.25, 0.3) is 11.0 Å². The van der Waals surface area contributed by atoms with Crippen molar-refractivity contribution in [2.24, 2.45) is 0 Å². The molecule has 0 saturated carbocycles. The van der Waals surface area contributed by atoms with Gasteiger partial charge < -0.3 is 4.74 Å². The molecule has 26 heavy (non-hydrogen) atoms. The van der Waals surface area contributed by atoms with E-state index >= 15 is 0 Å². The molecule has 1 amide bonds. The average molecular weight is 372 g/mol. The molecule has 1 N–H and O–H groups in total. The zero-order chi connectivity index (χ0) is 18.3. The summed E-state index contributed by atoms with van der Waals surface area (Å²) in [6, 6.07) is 0.176. The van der Waals surface area contributed by atoms with Gasteiger partial charge >= 0.3 is 0 Å². The minimum atomic E-state index is -0.182. The zero-order valence-corrected chi connectivity index (χ0v) is 15.8. The number of anilines is 1. The lowest BCUT2D eigenvalue weighted by atomic mass is 10.0. The number of methoxy groups -OCH3 is 1. The Kier molecular flexibility index (Phi) is 4.41. The molecule has 1 aliphatic carbocycles. The second kappa shape index (κ2) is 6.73. The Morgan fingerprint density at radius 3 is 3.00 bits per heavy atom. The van der Waals surface area contributed by atoms with E-state index in [2.05, 4.69) is 34.5 Å². The molecule has 136 valence electrons. The van der Waals surface area contributed by atoms with Crippen molar-refractivity contribution in [2.45, 2.75) is 45.8 Å². The Labute approximate surface area is 154 Å². The second-order valence-electron chi connectivity index (χ2n) is 6.57. The molecule has 0 unspecified atom stereocenters. The van der Waals surface area contributed by atoms with Crippen LogP contribution in [0.2, 0.25) is 0 Å². The molecule has 0 spiro atoms. The van der Waals surface area contributed by atoms with Gasteiger partial charge in [-0.1, -0.05) is 11.3 Å². The van der Waals surface area contributed by atoms with Crippen molar-refractivity contribution >= 4 is 33.4 Å². The molecule has 3 aromatic rings. The number of aromatic nitrogens is 5. The summed E-state index contributed by atoms with van der Waals surface area (Å²) in [5.74, 6) is -0.182.